The first kappa shape index (κ1) is 15.6. The Kier molecular flexibility index (Phi) is 6.30. The molecule has 0 spiro atoms. The SMILES string of the molecule is CCCCCCCC(=O)C1(O)CCC(C)CC1O. The number of aliphatic hydroxyl groups is 2. The van der Waals surface area contributed by atoms with Crippen molar-refractivity contribution in [3.8, 4) is 0 Å². The minimum atomic E-state index is -1.46. The summed E-state index contributed by atoms with van der Waals surface area (Å²) in [5.74, 6) is 0.246. The molecule has 3 heteroatoms. The van der Waals surface area contributed by atoms with Gasteiger partial charge in [-0.3, -0.25) is 4.79 Å². The van der Waals surface area contributed by atoms with E-state index in [0.717, 1.165) is 25.7 Å². The summed E-state index contributed by atoms with van der Waals surface area (Å²) in [4.78, 5) is 12.1. The van der Waals surface area contributed by atoms with Crippen molar-refractivity contribution in [2.45, 2.75) is 83.3 Å². The van der Waals surface area contributed by atoms with Gasteiger partial charge in [0.25, 0.3) is 0 Å². The molecule has 1 aliphatic rings. The smallest absolute Gasteiger partial charge is 0.167 e. The predicted octanol–water partition coefficient (Wildman–Crippen LogP) is 2.83. The molecule has 1 saturated carbocycles. The molecule has 106 valence electrons. The van der Waals surface area contributed by atoms with Gasteiger partial charge in [0.1, 0.15) is 5.60 Å². The normalized spacial score (nSPS) is 32.4. The highest BCUT2D eigenvalue weighted by molar-refractivity contribution is 5.87. The van der Waals surface area contributed by atoms with E-state index in [9.17, 15) is 15.0 Å². The van der Waals surface area contributed by atoms with E-state index in [2.05, 4.69) is 13.8 Å². The van der Waals surface area contributed by atoms with Crippen molar-refractivity contribution < 1.29 is 15.0 Å². The Morgan fingerprint density at radius 3 is 2.56 bits per heavy atom. The first-order valence-electron chi connectivity index (χ1n) is 7.44. The van der Waals surface area contributed by atoms with Crippen molar-refractivity contribution >= 4 is 5.78 Å². The third-order valence-electron chi connectivity index (χ3n) is 4.19. The van der Waals surface area contributed by atoms with E-state index in [1.165, 1.54) is 12.8 Å². The fraction of sp³-hybridized carbons (Fsp3) is 0.933. The molecule has 0 aromatic rings. The monoisotopic (exact) mass is 256 g/mol. The summed E-state index contributed by atoms with van der Waals surface area (Å²) in [6.07, 6.45) is 6.76. The van der Waals surface area contributed by atoms with E-state index in [1.807, 2.05) is 0 Å². The zero-order valence-corrected chi connectivity index (χ0v) is 11.8. The van der Waals surface area contributed by atoms with Gasteiger partial charge in [-0.05, 0) is 31.6 Å². The van der Waals surface area contributed by atoms with E-state index < -0.39 is 11.7 Å². The maximum absolute atomic E-state index is 12.1. The molecule has 18 heavy (non-hydrogen) atoms. The van der Waals surface area contributed by atoms with Crippen molar-refractivity contribution in [2.24, 2.45) is 5.92 Å². The fourth-order valence-corrected chi connectivity index (χ4v) is 2.76. The van der Waals surface area contributed by atoms with Gasteiger partial charge in [0.05, 0.1) is 6.10 Å². The standard InChI is InChI=1S/C15H28O3/c1-3-4-5-6-7-8-13(16)15(18)10-9-12(2)11-14(15)17/h12,14,17-18H,3-11H2,1-2H3. The molecule has 0 amide bonds. The van der Waals surface area contributed by atoms with Crippen molar-refractivity contribution in [3.63, 3.8) is 0 Å². The number of carbonyl (C=O) groups is 1. The molecule has 1 rings (SSSR count). The topological polar surface area (TPSA) is 57.5 Å². The largest absolute Gasteiger partial charge is 0.390 e. The van der Waals surface area contributed by atoms with Gasteiger partial charge in [0.15, 0.2) is 5.78 Å². The predicted molar refractivity (Wildman–Crippen MR) is 72.4 cm³/mol. The maximum Gasteiger partial charge on any atom is 0.167 e. The van der Waals surface area contributed by atoms with E-state index in [-0.39, 0.29) is 5.78 Å². The van der Waals surface area contributed by atoms with E-state index in [4.69, 9.17) is 0 Å². The van der Waals surface area contributed by atoms with Crippen LogP contribution < -0.4 is 0 Å². The molecule has 3 nitrogen and oxygen atoms in total. The number of rotatable bonds is 7. The van der Waals surface area contributed by atoms with Crippen LogP contribution in [0.4, 0.5) is 0 Å². The van der Waals surface area contributed by atoms with Crippen LogP contribution in [0, 0.1) is 5.92 Å². The molecule has 2 N–H and O–H groups in total. The summed E-state index contributed by atoms with van der Waals surface area (Å²) in [6.45, 7) is 4.21. The molecule has 1 fully saturated rings. The second-order valence-corrected chi connectivity index (χ2v) is 5.91. The van der Waals surface area contributed by atoms with Crippen LogP contribution in [0.25, 0.3) is 0 Å². The first-order chi connectivity index (χ1) is 8.50. The number of Topliss-reactive ketones (excluding diaryl/α,β-unsaturated/α-hetero) is 1. The van der Waals surface area contributed by atoms with Crippen molar-refractivity contribution in [1.82, 2.24) is 0 Å². The molecule has 0 aromatic heterocycles. The summed E-state index contributed by atoms with van der Waals surface area (Å²) in [7, 11) is 0. The lowest BCUT2D eigenvalue weighted by Crippen LogP contribution is -2.52. The van der Waals surface area contributed by atoms with Crippen molar-refractivity contribution in [3.05, 3.63) is 0 Å². The average Bonchev–Trinajstić information content (AvgIpc) is 2.34. The van der Waals surface area contributed by atoms with Crippen LogP contribution in [-0.2, 0) is 4.79 Å². The molecular weight excluding hydrogens is 228 g/mol. The van der Waals surface area contributed by atoms with Crippen molar-refractivity contribution in [1.29, 1.82) is 0 Å². The third kappa shape index (κ3) is 4.06. The molecule has 0 radical (unpaired) electrons. The summed E-state index contributed by atoms with van der Waals surface area (Å²) >= 11 is 0. The van der Waals surface area contributed by atoms with Crippen LogP contribution in [-0.4, -0.2) is 27.7 Å². The number of hydrogen-bond acceptors (Lipinski definition) is 3. The van der Waals surface area contributed by atoms with Gasteiger partial charge in [-0.1, -0.05) is 39.5 Å². The lowest BCUT2D eigenvalue weighted by molar-refractivity contribution is -0.159. The Bertz CT molecular complexity index is 264. The van der Waals surface area contributed by atoms with Gasteiger partial charge >= 0.3 is 0 Å². The van der Waals surface area contributed by atoms with Crippen LogP contribution in [0.1, 0.15) is 71.6 Å². The second-order valence-electron chi connectivity index (χ2n) is 5.91. The van der Waals surface area contributed by atoms with Crippen LogP contribution >= 0.6 is 0 Å². The summed E-state index contributed by atoms with van der Waals surface area (Å²) in [5, 5.41) is 20.3. The van der Waals surface area contributed by atoms with Crippen molar-refractivity contribution in [2.75, 3.05) is 0 Å². The maximum atomic E-state index is 12.1. The Hall–Kier alpha value is -0.410. The summed E-state index contributed by atoms with van der Waals surface area (Å²) < 4.78 is 0. The van der Waals surface area contributed by atoms with Gasteiger partial charge in [-0.25, -0.2) is 0 Å². The third-order valence-corrected chi connectivity index (χ3v) is 4.19. The molecular formula is C15H28O3. The van der Waals surface area contributed by atoms with Gasteiger partial charge < -0.3 is 10.2 Å². The number of carbonyl (C=O) groups excluding carboxylic acids is 1. The first-order valence-corrected chi connectivity index (χ1v) is 7.44. The molecule has 3 unspecified atom stereocenters. The van der Waals surface area contributed by atoms with E-state index in [1.54, 1.807) is 0 Å². The molecule has 3 atom stereocenters. The van der Waals surface area contributed by atoms with Crippen LogP contribution in [0.5, 0.6) is 0 Å². The zero-order valence-electron chi connectivity index (χ0n) is 11.8. The molecule has 0 bridgehead atoms. The number of ketones is 1. The Labute approximate surface area is 111 Å². The summed E-state index contributed by atoms with van der Waals surface area (Å²) in [6, 6.07) is 0. The molecule has 0 aliphatic heterocycles. The van der Waals surface area contributed by atoms with Crippen LogP contribution in [0.3, 0.4) is 0 Å². The minimum Gasteiger partial charge on any atom is -0.390 e. The lowest BCUT2D eigenvalue weighted by Gasteiger charge is -2.38. The van der Waals surface area contributed by atoms with Crippen LogP contribution in [0.15, 0.2) is 0 Å². The Morgan fingerprint density at radius 1 is 1.28 bits per heavy atom. The Morgan fingerprint density at radius 2 is 1.94 bits per heavy atom. The second kappa shape index (κ2) is 7.25. The van der Waals surface area contributed by atoms with Gasteiger partial charge in [0.2, 0.25) is 0 Å². The minimum absolute atomic E-state index is 0.154. The molecule has 1 aliphatic carbocycles. The number of unbranched alkanes of at least 4 members (excludes halogenated alkanes) is 4. The van der Waals surface area contributed by atoms with Gasteiger partial charge in [-0.2, -0.15) is 0 Å². The average molecular weight is 256 g/mol. The lowest BCUT2D eigenvalue weighted by atomic mass is 9.74. The fourth-order valence-electron chi connectivity index (χ4n) is 2.76. The molecule has 0 saturated heterocycles. The highest BCUT2D eigenvalue weighted by Gasteiger charge is 2.45. The number of aliphatic hydroxyl groups excluding tert-OH is 1. The van der Waals surface area contributed by atoms with Gasteiger partial charge in [-0.15, -0.1) is 0 Å². The van der Waals surface area contributed by atoms with E-state index in [0.29, 0.717) is 25.2 Å². The highest BCUT2D eigenvalue weighted by atomic mass is 16.3. The zero-order chi connectivity index (χ0) is 13.6. The Balaban J connectivity index is 2.35. The highest BCUT2D eigenvalue weighted by Crippen LogP contribution is 2.34. The van der Waals surface area contributed by atoms with E-state index >= 15 is 0 Å². The molecule has 0 heterocycles. The number of hydrogen-bond donors (Lipinski definition) is 2. The quantitative estimate of drug-likeness (QED) is 0.689. The molecule has 0 aromatic carbocycles. The van der Waals surface area contributed by atoms with Gasteiger partial charge in [0, 0.05) is 6.42 Å². The van der Waals surface area contributed by atoms with Crippen LogP contribution in [0.2, 0.25) is 0 Å². The summed E-state index contributed by atoms with van der Waals surface area (Å²) in [5.41, 5.74) is -1.46.